The van der Waals surface area contributed by atoms with Crippen molar-refractivity contribution in [3.05, 3.63) is 23.3 Å². The van der Waals surface area contributed by atoms with Crippen molar-refractivity contribution >= 4 is 0 Å². The number of aromatic hydroxyl groups is 1. The zero-order valence-corrected chi connectivity index (χ0v) is 6.84. The molecule has 0 amide bonds. The van der Waals surface area contributed by atoms with E-state index in [4.69, 9.17) is 10.4 Å². The van der Waals surface area contributed by atoms with Crippen LogP contribution in [0.25, 0.3) is 0 Å². The molecular formula is C8H5F3N2O. The molecule has 3 nitrogen and oxygen atoms in total. The molecule has 0 bridgehead atoms. The Bertz CT molecular complexity index is 387. The van der Waals surface area contributed by atoms with Gasteiger partial charge in [0.25, 0.3) is 12.4 Å². The van der Waals surface area contributed by atoms with Gasteiger partial charge in [-0.3, -0.25) is 0 Å². The first-order chi connectivity index (χ1) is 6.56. The van der Waals surface area contributed by atoms with Gasteiger partial charge in [0.2, 0.25) is 0 Å². The highest BCUT2D eigenvalue weighted by molar-refractivity contribution is 5.34. The Labute approximate surface area is 77.4 Å². The molecule has 0 saturated heterocycles. The summed E-state index contributed by atoms with van der Waals surface area (Å²) in [5.74, 6) is -2.55. The van der Waals surface area contributed by atoms with Gasteiger partial charge >= 0.3 is 0 Å². The van der Waals surface area contributed by atoms with Crippen molar-refractivity contribution in [2.45, 2.75) is 12.8 Å². The van der Waals surface area contributed by atoms with Crippen molar-refractivity contribution in [2.24, 2.45) is 0 Å². The highest BCUT2D eigenvalue weighted by Gasteiger charge is 2.18. The number of aromatic nitrogens is 1. The summed E-state index contributed by atoms with van der Waals surface area (Å²) < 4.78 is 37.1. The summed E-state index contributed by atoms with van der Waals surface area (Å²) in [6.07, 6.45) is -3.28. The minimum atomic E-state index is -3.00. The molecule has 0 aromatic carbocycles. The van der Waals surface area contributed by atoms with Gasteiger partial charge in [-0.15, -0.1) is 0 Å². The first-order valence-electron chi connectivity index (χ1n) is 3.59. The number of nitriles is 1. The van der Waals surface area contributed by atoms with E-state index < -0.39 is 23.7 Å². The molecule has 1 N–H and O–H groups in total. The summed E-state index contributed by atoms with van der Waals surface area (Å²) >= 11 is 0. The molecule has 0 aliphatic carbocycles. The Morgan fingerprint density at radius 1 is 1.57 bits per heavy atom. The quantitative estimate of drug-likeness (QED) is 0.745. The van der Waals surface area contributed by atoms with Gasteiger partial charge < -0.3 is 5.11 Å². The Morgan fingerprint density at radius 2 is 2.21 bits per heavy atom. The third kappa shape index (κ3) is 1.93. The molecule has 14 heavy (non-hydrogen) atoms. The fraction of sp³-hybridized carbons (Fsp3) is 0.250. The maximum Gasteiger partial charge on any atom is 0.267 e. The van der Waals surface area contributed by atoms with Crippen LogP contribution in [0.1, 0.15) is 17.7 Å². The van der Waals surface area contributed by atoms with E-state index in [2.05, 4.69) is 4.98 Å². The average Bonchev–Trinajstić information content (AvgIpc) is 2.11. The normalized spacial score (nSPS) is 10.2. The fourth-order valence-corrected chi connectivity index (χ4v) is 0.916. The zero-order chi connectivity index (χ0) is 10.7. The Kier molecular flexibility index (Phi) is 2.92. The van der Waals surface area contributed by atoms with E-state index in [0.717, 1.165) is 6.07 Å². The summed E-state index contributed by atoms with van der Waals surface area (Å²) in [5, 5.41) is 17.1. The monoisotopic (exact) mass is 202 g/mol. The van der Waals surface area contributed by atoms with Crippen LogP contribution in [0, 0.1) is 17.3 Å². The molecule has 0 unspecified atom stereocenters. The topological polar surface area (TPSA) is 56.9 Å². The van der Waals surface area contributed by atoms with Crippen molar-refractivity contribution < 1.29 is 18.3 Å². The summed E-state index contributed by atoms with van der Waals surface area (Å²) in [6, 6.07) is 2.45. The van der Waals surface area contributed by atoms with Crippen LogP contribution in [0.2, 0.25) is 0 Å². The molecule has 0 spiro atoms. The van der Waals surface area contributed by atoms with Gasteiger partial charge in [0.1, 0.15) is 0 Å². The van der Waals surface area contributed by atoms with Crippen molar-refractivity contribution in [3.8, 4) is 11.8 Å². The second-order valence-corrected chi connectivity index (χ2v) is 2.48. The lowest BCUT2D eigenvalue weighted by molar-refractivity contribution is 0.146. The van der Waals surface area contributed by atoms with Gasteiger partial charge in [0.05, 0.1) is 23.7 Å². The van der Waals surface area contributed by atoms with Gasteiger partial charge in [-0.25, -0.2) is 13.8 Å². The second kappa shape index (κ2) is 3.96. The van der Waals surface area contributed by atoms with Crippen LogP contribution in [0.4, 0.5) is 13.2 Å². The largest absolute Gasteiger partial charge is 0.503 e. The number of pyridine rings is 1. The maximum absolute atomic E-state index is 12.7. The van der Waals surface area contributed by atoms with E-state index in [1.165, 1.54) is 0 Å². The van der Waals surface area contributed by atoms with Crippen LogP contribution in [0.3, 0.4) is 0 Å². The van der Waals surface area contributed by atoms with Crippen LogP contribution in [0.5, 0.6) is 5.75 Å². The smallest absolute Gasteiger partial charge is 0.267 e. The van der Waals surface area contributed by atoms with Gasteiger partial charge in [0.15, 0.2) is 5.75 Å². The standard InChI is InChI=1S/C8H5F3N2O/c9-7(10)5-3-4(1-2-12)13-8(11)6(5)14/h3,7,14H,1H2. The van der Waals surface area contributed by atoms with E-state index in [9.17, 15) is 13.2 Å². The van der Waals surface area contributed by atoms with E-state index in [1.54, 1.807) is 6.07 Å². The number of hydrogen-bond acceptors (Lipinski definition) is 3. The van der Waals surface area contributed by atoms with Crippen LogP contribution >= 0.6 is 0 Å². The zero-order valence-electron chi connectivity index (χ0n) is 6.84. The van der Waals surface area contributed by atoms with Gasteiger partial charge in [-0.05, 0) is 6.07 Å². The molecule has 0 radical (unpaired) electrons. The number of nitrogens with zero attached hydrogens (tertiary/aromatic N) is 2. The number of alkyl halides is 2. The fourth-order valence-electron chi connectivity index (χ4n) is 0.916. The van der Waals surface area contributed by atoms with E-state index in [-0.39, 0.29) is 12.1 Å². The van der Waals surface area contributed by atoms with Crippen molar-refractivity contribution in [1.82, 2.24) is 4.98 Å². The lowest BCUT2D eigenvalue weighted by atomic mass is 10.2. The second-order valence-electron chi connectivity index (χ2n) is 2.48. The Balaban J connectivity index is 3.22. The lowest BCUT2D eigenvalue weighted by Crippen LogP contribution is -1.97. The van der Waals surface area contributed by atoms with Gasteiger partial charge in [-0.1, -0.05) is 0 Å². The molecule has 1 rings (SSSR count). The molecule has 0 aliphatic rings. The van der Waals surface area contributed by atoms with E-state index >= 15 is 0 Å². The lowest BCUT2D eigenvalue weighted by Gasteiger charge is -2.05. The number of hydrogen-bond donors (Lipinski definition) is 1. The Morgan fingerprint density at radius 3 is 2.71 bits per heavy atom. The van der Waals surface area contributed by atoms with Gasteiger partial charge in [-0.2, -0.15) is 9.65 Å². The maximum atomic E-state index is 12.7. The van der Waals surface area contributed by atoms with E-state index in [1.807, 2.05) is 0 Å². The molecule has 0 aliphatic heterocycles. The minimum absolute atomic E-state index is 0.127. The molecule has 1 heterocycles. The third-order valence-corrected chi connectivity index (χ3v) is 1.53. The first kappa shape index (κ1) is 10.3. The van der Waals surface area contributed by atoms with E-state index in [0.29, 0.717) is 0 Å². The predicted molar refractivity (Wildman–Crippen MR) is 40.1 cm³/mol. The number of halogens is 3. The molecule has 0 atom stereocenters. The third-order valence-electron chi connectivity index (χ3n) is 1.53. The van der Waals surface area contributed by atoms with Gasteiger partial charge in [0, 0.05) is 0 Å². The minimum Gasteiger partial charge on any atom is -0.503 e. The predicted octanol–water partition coefficient (Wildman–Crippen LogP) is 1.93. The molecule has 0 saturated carbocycles. The molecule has 1 aromatic heterocycles. The molecule has 0 fully saturated rings. The summed E-state index contributed by atoms with van der Waals surface area (Å²) in [7, 11) is 0. The summed E-state index contributed by atoms with van der Waals surface area (Å²) in [4.78, 5) is 3.13. The highest BCUT2D eigenvalue weighted by atomic mass is 19.3. The molecule has 6 heteroatoms. The van der Waals surface area contributed by atoms with Crippen LogP contribution in [-0.2, 0) is 6.42 Å². The molecule has 1 aromatic rings. The summed E-state index contributed by atoms with van der Waals surface area (Å²) in [5.41, 5.74) is -0.971. The van der Waals surface area contributed by atoms with Crippen LogP contribution in [0.15, 0.2) is 6.07 Å². The number of rotatable bonds is 2. The molecule has 74 valence electrons. The highest BCUT2D eigenvalue weighted by Crippen LogP contribution is 2.29. The SMILES string of the molecule is N#CCc1cc(C(F)F)c(O)c(F)n1. The average molecular weight is 202 g/mol. The first-order valence-corrected chi connectivity index (χ1v) is 3.59. The van der Waals surface area contributed by atoms with Crippen LogP contribution in [-0.4, -0.2) is 10.1 Å². The Hall–Kier alpha value is -1.77. The van der Waals surface area contributed by atoms with Crippen molar-refractivity contribution in [2.75, 3.05) is 0 Å². The van der Waals surface area contributed by atoms with Crippen LogP contribution < -0.4 is 0 Å². The van der Waals surface area contributed by atoms with Crippen molar-refractivity contribution in [1.29, 1.82) is 5.26 Å². The van der Waals surface area contributed by atoms with Crippen molar-refractivity contribution in [3.63, 3.8) is 0 Å². The summed E-state index contributed by atoms with van der Waals surface area (Å²) in [6.45, 7) is 0. The molecular weight excluding hydrogens is 197 g/mol.